The first-order chi connectivity index (χ1) is 7.35. The molecule has 0 saturated heterocycles. The molecule has 1 aromatic rings. The van der Waals surface area contributed by atoms with Crippen molar-refractivity contribution in [2.45, 2.75) is 24.9 Å². The molecule has 1 unspecified atom stereocenters. The van der Waals surface area contributed by atoms with Crippen molar-refractivity contribution >= 4 is 0 Å². The van der Waals surface area contributed by atoms with Gasteiger partial charge >= 0.3 is 0 Å². The predicted octanol–water partition coefficient (Wildman–Crippen LogP) is 1.48. The Kier molecular flexibility index (Phi) is 3.23. The first-order valence-electron chi connectivity index (χ1n) is 5.35. The van der Waals surface area contributed by atoms with Crippen LogP contribution in [0.2, 0.25) is 0 Å². The van der Waals surface area contributed by atoms with E-state index >= 15 is 0 Å². The van der Waals surface area contributed by atoms with Crippen LogP contribution in [0.3, 0.4) is 0 Å². The second-order valence-electron chi connectivity index (χ2n) is 3.92. The van der Waals surface area contributed by atoms with Gasteiger partial charge in [-0.3, -0.25) is 0 Å². The summed E-state index contributed by atoms with van der Waals surface area (Å²) in [7, 11) is 1.66. The zero-order valence-electron chi connectivity index (χ0n) is 8.94. The van der Waals surface area contributed by atoms with Crippen LogP contribution >= 0.6 is 0 Å². The first-order valence-corrected chi connectivity index (χ1v) is 5.35. The quantitative estimate of drug-likeness (QED) is 0.768. The van der Waals surface area contributed by atoms with Gasteiger partial charge in [0.05, 0.1) is 19.8 Å². The average Bonchev–Trinajstić information content (AvgIpc) is 3.10. The number of aliphatic hydroxyl groups excluding tert-OH is 1. The van der Waals surface area contributed by atoms with Gasteiger partial charge in [-0.15, -0.1) is 0 Å². The number of hydrogen-bond donors (Lipinski definition) is 2. The zero-order valence-corrected chi connectivity index (χ0v) is 8.94. The normalized spacial score (nSPS) is 17.5. The third-order valence-corrected chi connectivity index (χ3v) is 2.71. The Morgan fingerprint density at radius 3 is 2.80 bits per heavy atom. The van der Waals surface area contributed by atoms with Crippen molar-refractivity contribution < 1.29 is 9.84 Å². The molecule has 3 nitrogen and oxygen atoms in total. The van der Waals surface area contributed by atoms with Gasteiger partial charge in [0.2, 0.25) is 0 Å². The number of aliphatic hydroxyl groups is 1. The van der Waals surface area contributed by atoms with Gasteiger partial charge in [-0.2, -0.15) is 0 Å². The topological polar surface area (TPSA) is 41.5 Å². The van der Waals surface area contributed by atoms with Crippen LogP contribution in [-0.4, -0.2) is 24.9 Å². The van der Waals surface area contributed by atoms with Gasteiger partial charge < -0.3 is 15.2 Å². The number of hydrogen-bond acceptors (Lipinski definition) is 3. The summed E-state index contributed by atoms with van der Waals surface area (Å²) in [6, 6.07) is 8.39. The van der Waals surface area contributed by atoms with Crippen LogP contribution in [0.15, 0.2) is 24.3 Å². The minimum absolute atomic E-state index is 0.00588. The fourth-order valence-corrected chi connectivity index (χ4v) is 1.73. The molecule has 0 spiro atoms. The lowest BCUT2D eigenvalue weighted by molar-refractivity contribution is 0.240. The second-order valence-corrected chi connectivity index (χ2v) is 3.92. The van der Waals surface area contributed by atoms with E-state index in [9.17, 15) is 5.11 Å². The molecule has 0 aromatic heterocycles. The maximum Gasteiger partial charge on any atom is 0.123 e. The predicted molar refractivity (Wildman–Crippen MR) is 59.0 cm³/mol. The molecule has 0 bridgehead atoms. The molecule has 15 heavy (non-hydrogen) atoms. The number of nitrogens with one attached hydrogen (secondary N) is 1. The van der Waals surface area contributed by atoms with E-state index in [0.29, 0.717) is 6.04 Å². The minimum atomic E-state index is -0.00588. The van der Waals surface area contributed by atoms with Gasteiger partial charge in [0.1, 0.15) is 5.75 Å². The van der Waals surface area contributed by atoms with Crippen molar-refractivity contribution in [2.24, 2.45) is 0 Å². The van der Waals surface area contributed by atoms with E-state index in [1.54, 1.807) is 7.11 Å². The van der Waals surface area contributed by atoms with Gasteiger partial charge in [-0.05, 0) is 18.9 Å². The van der Waals surface area contributed by atoms with Crippen LogP contribution in [0.4, 0.5) is 0 Å². The van der Waals surface area contributed by atoms with Crippen molar-refractivity contribution in [3.63, 3.8) is 0 Å². The van der Waals surface area contributed by atoms with Crippen molar-refractivity contribution in [3.05, 3.63) is 29.8 Å². The van der Waals surface area contributed by atoms with Gasteiger partial charge in [-0.25, -0.2) is 0 Å². The summed E-state index contributed by atoms with van der Waals surface area (Å²) >= 11 is 0. The van der Waals surface area contributed by atoms with E-state index < -0.39 is 0 Å². The lowest BCUT2D eigenvalue weighted by Gasteiger charge is -2.18. The first kappa shape index (κ1) is 10.5. The highest BCUT2D eigenvalue weighted by molar-refractivity contribution is 5.36. The summed E-state index contributed by atoms with van der Waals surface area (Å²) < 4.78 is 5.28. The zero-order chi connectivity index (χ0) is 10.7. The Hall–Kier alpha value is -1.06. The van der Waals surface area contributed by atoms with E-state index in [1.807, 2.05) is 24.3 Å². The molecule has 1 atom stereocenters. The van der Waals surface area contributed by atoms with Gasteiger partial charge in [0.25, 0.3) is 0 Å². The highest BCUT2D eigenvalue weighted by atomic mass is 16.5. The lowest BCUT2D eigenvalue weighted by Crippen LogP contribution is -2.26. The minimum Gasteiger partial charge on any atom is -0.496 e. The molecule has 1 aromatic carbocycles. The number of rotatable bonds is 5. The summed E-state index contributed by atoms with van der Waals surface area (Å²) in [6.07, 6.45) is 2.43. The van der Waals surface area contributed by atoms with E-state index in [1.165, 1.54) is 12.8 Å². The average molecular weight is 207 g/mol. The van der Waals surface area contributed by atoms with E-state index in [4.69, 9.17) is 4.74 Å². The Morgan fingerprint density at radius 1 is 1.47 bits per heavy atom. The molecule has 1 aliphatic carbocycles. The fourth-order valence-electron chi connectivity index (χ4n) is 1.73. The van der Waals surface area contributed by atoms with Crippen LogP contribution < -0.4 is 10.1 Å². The molecule has 1 saturated carbocycles. The SMILES string of the molecule is COc1ccccc1C(CO)NC1CC1. The van der Waals surface area contributed by atoms with E-state index in [2.05, 4.69) is 5.32 Å². The highest BCUT2D eigenvalue weighted by Crippen LogP contribution is 2.28. The van der Waals surface area contributed by atoms with Crippen LogP contribution in [0.5, 0.6) is 5.75 Å². The summed E-state index contributed by atoms with van der Waals surface area (Å²) in [5, 5.41) is 12.8. The third kappa shape index (κ3) is 2.49. The van der Waals surface area contributed by atoms with Crippen molar-refractivity contribution in [1.82, 2.24) is 5.32 Å². The van der Waals surface area contributed by atoms with Crippen molar-refractivity contribution in [1.29, 1.82) is 0 Å². The van der Waals surface area contributed by atoms with Crippen molar-refractivity contribution in [3.8, 4) is 5.75 Å². The fraction of sp³-hybridized carbons (Fsp3) is 0.500. The molecule has 2 rings (SSSR count). The van der Waals surface area contributed by atoms with E-state index in [0.717, 1.165) is 11.3 Å². The van der Waals surface area contributed by atoms with Crippen LogP contribution in [-0.2, 0) is 0 Å². The number of benzene rings is 1. The molecular weight excluding hydrogens is 190 g/mol. The van der Waals surface area contributed by atoms with Crippen LogP contribution in [0.25, 0.3) is 0 Å². The highest BCUT2D eigenvalue weighted by Gasteiger charge is 2.26. The summed E-state index contributed by atoms with van der Waals surface area (Å²) in [5.41, 5.74) is 1.04. The third-order valence-electron chi connectivity index (χ3n) is 2.71. The summed E-state index contributed by atoms with van der Waals surface area (Å²) in [5.74, 6) is 0.838. The molecule has 2 N–H and O–H groups in total. The molecule has 82 valence electrons. The van der Waals surface area contributed by atoms with Gasteiger partial charge in [0, 0.05) is 11.6 Å². The molecule has 0 heterocycles. The smallest absolute Gasteiger partial charge is 0.123 e. The standard InChI is InChI=1S/C12H17NO2/c1-15-12-5-3-2-4-10(12)11(8-14)13-9-6-7-9/h2-5,9,11,13-14H,6-8H2,1H3. The molecular formula is C12H17NO2. The molecule has 0 amide bonds. The second kappa shape index (κ2) is 4.64. The maximum absolute atomic E-state index is 9.36. The summed E-state index contributed by atoms with van der Waals surface area (Å²) in [6.45, 7) is 0.108. The molecule has 0 aliphatic heterocycles. The Labute approximate surface area is 90.1 Å². The molecule has 3 heteroatoms. The van der Waals surface area contributed by atoms with Crippen LogP contribution in [0.1, 0.15) is 24.4 Å². The summed E-state index contributed by atoms with van der Waals surface area (Å²) in [4.78, 5) is 0. The molecule has 1 fully saturated rings. The van der Waals surface area contributed by atoms with Gasteiger partial charge in [0.15, 0.2) is 0 Å². The Morgan fingerprint density at radius 2 is 2.20 bits per heavy atom. The largest absolute Gasteiger partial charge is 0.496 e. The van der Waals surface area contributed by atoms with Crippen LogP contribution in [0, 0.1) is 0 Å². The number of para-hydroxylation sites is 1. The van der Waals surface area contributed by atoms with Crippen molar-refractivity contribution in [2.75, 3.05) is 13.7 Å². The Balaban J connectivity index is 2.15. The lowest BCUT2D eigenvalue weighted by atomic mass is 10.1. The Bertz CT molecular complexity index is 323. The number of ether oxygens (including phenoxy) is 1. The molecule has 0 radical (unpaired) electrons. The maximum atomic E-state index is 9.36. The van der Waals surface area contributed by atoms with Gasteiger partial charge in [-0.1, -0.05) is 18.2 Å². The van der Waals surface area contributed by atoms with E-state index in [-0.39, 0.29) is 12.6 Å². The monoisotopic (exact) mass is 207 g/mol. The molecule has 1 aliphatic rings. The number of methoxy groups -OCH3 is 1.